The molecule has 0 aliphatic rings. The van der Waals surface area contributed by atoms with Crippen LogP contribution in [0.15, 0.2) is 22.7 Å². The van der Waals surface area contributed by atoms with Crippen LogP contribution in [-0.2, 0) is 9.53 Å². The molecule has 0 aliphatic heterocycles. The monoisotopic (exact) mass is 426 g/mol. The smallest absolute Gasteiger partial charge is 0.339 e. The van der Waals surface area contributed by atoms with Crippen molar-refractivity contribution in [1.29, 1.82) is 0 Å². The number of rotatable bonds is 3. The Morgan fingerprint density at radius 1 is 1.39 bits per heavy atom. The van der Waals surface area contributed by atoms with Crippen LogP contribution in [0, 0.1) is 3.57 Å². The number of primary amides is 1. The quantitative estimate of drug-likeness (QED) is 0.563. The van der Waals surface area contributed by atoms with Gasteiger partial charge in [0.25, 0.3) is 5.91 Å². The molecule has 0 saturated carbocycles. The van der Waals surface area contributed by atoms with E-state index in [2.05, 4.69) is 15.9 Å². The average molecular weight is 427 g/mol. The van der Waals surface area contributed by atoms with E-state index in [1.807, 2.05) is 22.6 Å². The van der Waals surface area contributed by atoms with E-state index >= 15 is 0 Å². The van der Waals surface area contributed by atoms with Crippen molar-refractivity contribution in [3.63, 3.8) is 0 Å². The molecular weight excluding hydrogens is 419 g/mol. The Hall–Kier alpha value is -1.16. The molecule has 0 aliphatic carbocycles. The van der Waals surface area contributed by atoms with Gasteiger partial charge in [-0.2, -0.15) is 0 Å². The summed E-state index contributed by atoms with van der Waals surface area (Å²) >= 11 is 5.20. The van der Waals surface area contributed by atoms with Gasteiger partial charge in [0, 0.05) is 8.04 Å². The molecule has 0 saturated heterocycles. The number of carbonyl (C=O) groups excluding carboxylic acids is 3. The van der Waals surface area contributed by atoms with Crippen LogP contribution in [0.2, 0.25) is 0 Å². The minimum atomic E-state index is -0.993. The zero-order valence-electron chi connectivity index (χ0n) is 8.91. The summed E-state index contributed by atoms with van der Waals surface area (Å²) in [6, 6.07) is 4.09. The Morgan fingerprint density at radius 3 is 2.67 bits per heavy atom. The Bertz CT molecular complexity index is 507. The molecule has 0 aromatic heterocycles. The summed E-state index contributed by atoms with van der Waals surface area (Å²) < 4.78 is 6.15. The van der Waals surface area contributed by atoms with E-state index in [0.717, 1.165) is 4.47 Å². The molecule has 0 bridgehead atoms. The number of amides is 3. The third kappa shape index (κ3) is 4.61. The van der Waals surface area contributed by atoms with E-state index in [9.17, 15) is 14.4 Å². The van der Waals surface area contributed by atoms with Crippen LogP contribution in [0.3, 0.4) is 0 Å². The second-order valence-corrected chi connectivity index (χ2v) is 5.19. The largest absolute Gasteiger partial charge is 0.452 e. The number of hydrogen-bond donors (Lipinski definition) is 2. The lowest BCUT2D eigenvalue weighted by Gasteiger charge is -2.06. The van der Waals surface area contributed by atoms with Crippen LogP contribution in [0.5, 0.6) is 0 Å². The van der Waals surface area contributed by atoms with E-state index in [1.54, 1.807) is 23.5 Å². The van der Waals surface area contributed by atoms with Gasteiger partial charge in [-0.1, -0.05) is 15.9 Å². The normalized spacial score (nSPS) is 9.67. The summed E-state index contributed by atoms with van der Waals surface area (Å²) in [5, 5.41) is 1.79. The van der Waals surface area contributed by atoms with E-state index in [4.69, 9.17) is 10.5 Å². The topological polar surface area (TPSA) is 98.5 Å². The van der Waals surface area contributed by atoms with Crippen molar-refractivity contribution in [3.8, 4) is 0 Å². The zero-order valence-corrected chi connectivity index (χ0v) is 12.6. The summed E-state index contributed by atoms with van der Waals surface area (Å²) in [6.07, 6.45) is 0. The summed E-state index contributed by atoms with van der Waals surface area (Å²) in [4.78, 5) is 33.1. The molecule has 6 nitrogen and oxygen atoms in total. The fourth-order valence-electron chi connectivity index (χ4n) is 1.04. The number of ether oxygens (including phenoxy) is 1. The van der Waals surface area contributed by atoms with Crippen LogP contribution >= 0.6 is 38.5 Å². The molecule has 0 spiro atoms. The highest BCUT2D eigenvalue weighted by atomic mass is 127. The van der Waals surface area contributed by atoms with E-state index in [-0.39, 0.29) is 0 Å². The van der Waals surface area contributed by atoms with Gasteiger partial charge in [0.2, 0.25) is 0 Å². The molecule has 96 valence electrons. The van der Waals surface area contributed by atoms with Crippen LogP contribution in [-0.4, -0.2) is 24.5 Å². The van der Waals surface area contributed by atoms with E-state index in [0.29, 0.717) is 9.13 Å². The molecule has 1 aromatic carbocycles. The van der Waals surface area contributed by atoms with Crippen molar-refractivity contribution in [2.75, 3.05) is 6.61 Å². The van der Waals surface area contributed by atoms with Crippen molar-refractivity contribution in [1.82, 2.24) is 5.32 Å². The third-order valence-electron chi connectivity index (χ3n) is 1.75. The highest BCUT2D eigenvalue weighted by Crippen LogP contribution is 2.19. The second kappa shape index (κ2) is 6.69. The van der Waals surface area contributed by atoms with E-state index < -0.39 is 24.5 Å². The first-order valence-corrected chi connectivity index (χ1v) is 6.49. The Labute approximate surface area is 125 Å². The first kappa shape index (κ1) is 14.9. The van der Waals surface area contributed by atoms with Gasteiger partial charge in [0.1, 0.15) is 0 Å². The summed E-state index contributed by atoms with van der Waals surface area (Å²) in [6.45, 7) is -0.565. The molecule has 0 unspecified atom stereocenters. The lowest BCUT2D eigenvalue weighted by atomic mass is 10.2. The number of benzene rings is 1. The van der Waals surface area contributed by atoms with Gasteiger partial charge in [-0.15, -0.1) is 0 Å². The first-order valence-electron chi connectivity index (χ1n) is 4.61. The number of hydrogen-bond acceptors (Lipinski definition) is 4. The van der Waals surface area contributed by atoms with Gasteiger partial charge >= 0.3 is 12.0 Å². The highest BCUT2D eigenvalue weighted by molar-refractivity contribution is 14.1. The van der Waals surface area contributed by atoms with Gasteiger partial charge in [0.15, 0.2) is 6.61 Å². The number of esters is 1. The standard InChI is InChI=1S/C10H8BrIN2O4/c11-5-1-2-7(12)6(3-5)9(16)18-4-8(15)14-10(13)17/h1-3H,4H2,(H3,13,14,15,17). The highest BCUT2D eigenvalue weighted by Gasteiger charge is 2.14. The number of imide groups is 1. The maximum absolute atomic E-state index is 11.7. The molecule has 1 rings (SSSR count). The van der Waals surface area contributed by atoms with Crippen LogP contribution in [0.25, 0.3) is 0 Å². The molecule has 0 radical (unpaired) electrons. The molecule has 3 amide bonds. The van der Waals surface area contributed by atoms with Gasteiger partial charge in [-0.05, 0) is 40.8 Å². The van der Waals surface area contributed by atoms with Crippen LogP contribution < -0.4 is 11.1 Å². The molecule has 0 fully saturated rings. The molecule has 18 heavy (non-hydrogen) atoms. The zero-order chi connectivity index (χ0) is 13.7. The molecule has 3 N–H and O–H groups in total. The Balaban J connectivity index is 2.63. The third-order valence-corrected chi connectivity index (χ3v) is 3.18. The predicted molar refractivity (Wildman–Crippen MR) is 74.9 cm³/mol. The van der Waals surface area contributed by atoms with Crippen LogP contribution in [0.1, 0.15) is 10.4 Å². The summed E-state index contributed by atoms with van der Waals surface area (Å²) in [7, 11) is 0. The fourth-order valence-corrected chi connectivity index (χ4v) is 1.95. The predicted octanol–water partition coefficient (Wildman–Crippen LogP) is 1.41. The molecule has 0 atom stereocenters. The van der Waals surface area contributed by atoms with Crippen LogP contribution in [0.4, 0.5) is 4.79 Å². The number of urea groups is 1. The fraction of sp³-hybridized carbons (Fsp3) is 0.100. The van der Waals surface area contributed by atoms with Crippen molar-refractivity contribution < 1.29 is 19.1 Å². The lowest BCUT2D eigenvalue weighted by molar-refractivity contribution is -0.123. The van der Waals surface area contributed by atoms with Crippen molar-refractivity contribution in [3.05, 3.63) is 31.8 Å². The molecule has 1 aromatic rings. The Morgan fingerprint density at radius 2 is 2.06 bits per heavy atom. The summed E-state index contributed by atoms with van der Waals surface area (Å²) in [5.74, 6) is -1.43. The lowest BCUT2D eigenvalue weighted by Crippen LogP contribution is -2.37. The number of nitrogens with one attached hydrogen (secondary N) is 1. The van der Waals surface area contributed by atoms with Gasteiger partial charge in [0.05, 0.1) is 5.56 Å². The average Bonchev–Trinajstić information content (AvgIpc) is 2.28. The van der Waals surface area contributed by atoms with E-state index in [1.165, 1.54) is 0 Å². The van der Waals surface area contributed by atoms with Crippen molar-refractivity contribution >= 4 is 56.4 Å². The van der Waals surface area contributed by atoms with Crippen molar-refractivity contribution in [2.24, 2.45) is 5.73 Å². The van der Waals surface area contributed by atoms with Gasteiger partial charge < -0.3 is 10.5 Å². The van der Waals surface area contributed by atoms with Gasteiger partial charge in [-0.25, -0.2) is 9.59 Å². The second-order valence-electron chi connectivity index (χ2n) is 3.11. The maximum Gasteiger partial charge on any atom is 0.339 e. The minimum absolute atomic E-state index is 0.330. The Kier molecular flexibility index (Phi) is 5.54. The number of halogens is 2. The molecular formula is C10H8BrIN2O4. The molecule has 8 heteroatoms. The SMILES string of the molecule is NC(=O)NC(=O)COC(=O)c1cc(Br)ccc1I. The van der Waals surface area contributed by atoms with Gasteiger partial charge in [-0.3, -0.25) is 10.1 Å². The maximum atomic E-state index is 11.7. The summed E-state index contributed by atoms with van der Waals surface area (Å²) in [5.41, 5.74) is 5.07. The minimum Gasteiger partial charge on any atom is -0.452 e. The van der Waals surface area contributed by atoms with Crippen molar-refractivity contribution in [2.45, 2.75) is 0 Å². The first-order chi connectivity index (χ1) is 8.40. The number of nitrogens with two attached hydrogens (primary N) is 1. The molecule has 0 heterocycles. The number of carbonyl (C=O) groups is 3.